The molecule has 0 fully saturated rings. The number of nitrogens with zero attached hydrogens (tertiary/aromatic N) is 1. The fourth-order valence-corrected chi connectivity index (χ4v) is 4.66. The molecule has 0 saturated carbocycles. The van der Waals surface area contributed by atoms with Crippen LogP contribution in [0.3, 0.4) is 0 Å². The van der Waals surface area contributed by atoms with Crippen LogP contribution < -0.4 is 5.32 Å². The van der Waals surface area contributed by atoms with Crippen LogP contribution in [0.15, 0.2) is 60.7 Å². The zero-order valence-electron chi connectivity index (χ0n) is 23.7. The van der Waals surface area contributed by atoms with Crippen molar-refractivity contribution in [3.63, 3.8) is 0 Å². The minimum atomic E-state index is -0.462. The Morgan fingerprint density at radius 2 is 1.10 bits per heavy atom. The quantitative estimate of drug-likeness (QED) is 0.185. The number of hydrogen-bond acceptors (Lipinski definition) is 9. The van der Waals surface area contributed by atoms with E-state index < -0.39 is 6.09 Å². The van der Waals surface area contributed by atoms with Gasteiger partial charge in [-0.15, -0.1) is 0 Å². The monoisotopic (exact) mass is 582 g/mol. The van der Waals surface area contributed by atoms with Gasteiger partial charge in [-0.3, -0.25) is 14.5 Å². The van der Waals surface area contributed by atoms with Crippen LogP contribution in [0.2, 0.25) is 0 Å². The highest BCUT2D eigenvalue weighted by Gasteiger charge is 2.29. The van der Waals surface area contributed by atoms with Crippen LogP contribution in [0.1, 0.15) is 17.0 Å². The van der Waals surface area contributed by atoms with E-state index in [1.54, 1.807) is 0 Å². The third-order valence-corrected chi connectivity index (χ3v) is 6.71. The number of rotatable bonds is 20. The summed E-state index contributed by atoms with van der Waals surface area (Å²) < 4.78 is 32.7. The van der Waals surface area contributed by atoms with E-state index in [0.29, 0.717) is 66.0 Å². The van der Waals surface area contributed by atoms with Crippen molar-refractivity contribution >= 4 is 17.9 Å². The lowest BCUT2D eigenvalue weighted by Crippen LogP contribution is -2.33. The number of hydrogen-bond donors (Lipinski definition) is 1. The number of benzene rings is 2. The van der Waals surface area contributed by atoms with Gasteiger partial charge in [-0.25, -0.2) is 4.79 Å². The standard InChI is InChI=1S/C31H38N2O9/c34-29-9-10-30(35)33(29)12-14-38-16-18-40-20-22-41-21-19-39-17-15-37-13-11-32-31(36)42-23-28-26-7-3-1-5-24(26)25-6-2-4-8-27(25)28/h1-10,28H,11-23H2,(H,32,36). The second-order valence-electron chi connectivity index (χ2n) is 9.48. The highest BCUT2D eigenvalue weighted by atomic mass is 16.6. The molecule has 0 unspecified atom stereocenters. The highest BCUT2D eigenvalue weighted by molar-refractivity contribution is 6.12. The Balaban J connectivity index is 0.900. The maximum Gasteiger partial charge on any atom is 0.407 e. The molecule has 0 aromatic heterocycles. The minimum absolute atomic E-state index is 0.0325. The van der Waals surface area contributed by atoms with Gasteiger partial charge in [0.25, 0.3) is 11.8 Å². The molecule has 0 atom stereocenters. The Kier molecular flexibility index (Phi) is 13.0. The number of ether oxygens (including phenoxy) is 6. The molecule has 0 bridgehead atoms. The van der Waals surface area contributed by atoms with Crippen molar-refractivity contribution in [1.29, 1.82) is 0 Å². The number of alkyl carbamates (subject to hydrolysis) is 1. The van der Waals surface area contributed by atoms with E-state index in [4.69, 9.17) is 28.4 Å². The molecule has 2 aromatic carbocycles. The van der Waals surface area contributed by atoms with Gasteiger partial charge in [0.1, 0.15) is 6.61 Å². The van der Waals surface area contributed by atoms with Gasteiger partial charge < -0.3 is 33.7 Å². The molecule has 3 amide bonds. The molecule has 1 aliphatic carbocycles. The molecule has 2 aliphatic rings. The number of carbonyl (C=O) groups is 3. The van der Waals surface area contributed by atoms with Crippen molar-refractivity contribution in [2.75, 3.05) is 85.8 Å². The number of fused-ring (bicyclic) bond motifs is 3. The van der Waals surface area contributed by atoms with Crippen molar-refractivity contribution in [3.05, 3.63) is 71.8 Å². The summed E-state index contributed by atoms with van der Waals surface area (Å²) in [6.45, 7) is 4.83. The van der Waals surface area contributed by atoms with Crippen molar-refractivity contribution in [3.8, 4) is 11.1 Å². The molecule has 1 heterocycles. The topological polar surface area (TPSA) is 122 Å². The molecular formula is C31H38N2O9. The van der Waals surface area contributed by atoms with E-state index in [1.807, 2.05) is 24.3 Å². The van der Waals surface area contributed by atoms with Crippen molar-refractivity contribution in [1.82, 2.24) is 10.2 Å². The molecule has 11 nitrogen and oxygen atoms in total. The van der Waals surface area contributed by atoms with Gasteiger partial charge in [0, 0.05) is 24.6 Å². The third-order valence-electron chi connectivity index (χ3n) is 6.71. The van der Waals surface area contributed by atoms with Gasteiger partial charge in [0.2, 0.25) is 0 Å². The smallest absolute Gasteiger partial charge is 0.407 e. The molecule has 1 N–H and O–H groups in total. The molecule has 42 heavy (non-hydrogen) atoms. The summed E-state index contributed by atoms with van der Waals surface area (Å²) in [4.78, 5) is 36.1. The van der Waals surface area contributed by atoms with Crippen LogP contribution >= 0.6 is 0 Å². The second kappa shape index (κ2) is 17.4. The summed E-state index contributed by atoms with van der Waals surface area (Å²) in [5.41, 5.74) is 4.75. The predicted molar refractivity (Wildman–Crippen MR) is 153 cm³/mol. The van der Waals surface area contributed by atoms with Gasteiger partial charge >= 0.3 is 6.09 Å². The molecule has 0 radical (unpaired) electrons. The first-order valence-electron chi connectivity index (χ1n) is 14.2. The van der Waals surface area contributed by atoms with Gasteiger partial charge in [-0.1, -0.05) is 48.5 Å². The van der Waals surface area contributed by atoms with E-state index in [2.05, 4.69) is 29.6 Å². The van der Waals surface area contributed by atoms with Crippen molar-refractivity contribution < 1.29 is 42.8 Å². The summed E-state index contributed by atoms with van der Waals surface area (Å²) in [6, 6.07) is 16.5. The average Bonchev–Trinajstić information content (AvgIpc) is 3.50. The minimum Gasteiger partial charge on any atom is -0.449 e. The van der Waals surface area contributed by atoms with Crippen LogP contribution in [0.5, 0.6) is 0 Å². The van der Waals surface area contributed by atoms with Gasteiger partial charge in [-0.2, -0.15) is 0 Å². The van der Waals surface area contributed by atoms with Crippen molar-refractivity contribution in [2.24, 2.45) is 0 Å². The Morgan fingerprint density at radius 3 is 1.62 bits per heavy atom. The summed E-state index contributed by atoms with van der Waals surface area (Å²) >= 11 is 0. The summed E-state index contributed by atoms with van der Waals surface area (Å²) in [6.07, 6.45) is 2.04. The zero-order chi connectivity index (χ0) is 29.4. The van der Waals surface area contributed by atoms with Crippen molar-refractivity contribution in [2.45, 2.75) is 5.92 Å². The van der Waals surface area contributed by atoms with Crippen LogP contribution in [-0.4, -0.2) is 109 Å². The third kappa shape index (κ3) is 9.47. The predicted octanol–water partition coefficient (Wildman–Crippen LogP) is 2.53. The maximum atomic E-state index is 12.2. The second-order valence-corrected chi connectivity index (χ2v) is 9.48. The van der Waals surface area contributed by atoms with Crippen LogP contribution in [0.4, 0.5) is 4.79 Å². The number of amides is 3. The Morgan fingerprint density at radius 1 is 0.643 bits per heavy atom. The largest absolute Gasteiger partial charge is 0.449 e. The number of imide groups is 1. The molecule has 0 spiro atoms. The highest BCUT2D eigenvalue weighted by Crippen LogP contribution is 2.44. The Hall–Kier alpha value is -3.61. The van der Waals surface area contributed by atoms with Gasteiger partial charge in [0.15, 0.2) is 0 Å². The van der Waals surface area contributed by atoms with E-state index >= 15 is 0 Å². The molecule has 11 heteroatoms. The SMILES string of the molecule is O=C(NCCOCCOCCOCCOCCOCCN1C(=O)C=CC1=O)OCC1c2ccccc2-c2ccccc21. The maximum absolute atomic E-state index is 12.2. The lowest BCUT2D eigenvalue weighted by Gasteiger charge is -2.14. The number of nitrogens with one attached hydrogen (secondary N) is 1. The van der Waals surface area contributed by atoms with Crippen LogP contribution in [-0.2, 0) is 38.0 Å². The number of carbonyl (C=O) groups excluding carboxylic acids is 3. The van der Waals surface area contributed by atoms with Crippen LogP contribution in [0, 0.1) is 0 Å². The van der Waals surface area contributed by atoms with E-state index in [-0.39, 0.29) is 37.5 Å². The molecule has 0 saturated heterocycles. The molecular weight excluding hydrogens is 544 g/mol. The normalized spacial score (nSPS) is 14.0. The Bertz CT molecular complexity index is 1140. The van der Waals surface area contributed by atoms with Gasteiger partial charge in [-0.05, 0) is 22.3 Å². The lowest BCUT2D eigenvalue weighted by atomic mass is 9.98. The first-order valence-corrected chi connectivity index (χ1v) is 14.2. The zero-order valence-corrected chi connectivity index (χ0v) is 23.7. The Labute approximate surface area is 245 Å². The first-order chi connectivity index (χ1) is 20.6. The van der Waals surface area contributed by atoms with E-state index in [9.17, 15) is 14.4 Å². The molecule has 2 aromatic rings. The fourth-order valence-electron chi connectivity index (χ4n) is 4.66. The first kappa shape index (κ1) is 31.3. The fraction of sp³-hybridized carbons (Fsp3) is 0.452. The van der Waals surface area contributed by atoms with Crippen LogP contribution in [0.25, 0.3) is 11.1 Å². The van der Waals surface area contributed by atoms with Gasteiger partial charge in [0.05, 0.1) is 72.6 Å². The molecule has 226 valence electrons. The average molecular weight is 583 g/mol. The molecule has 4 rings (SSSR count). The van der Waals surface area contributed by atoms with E-state index in [1.165, 1.54) is 34.4 Å². The summed E-state index contributed by atoms with van der Waals surface area (Å²) in [7, 11) is 0. The summed E-state index contributed by atoms with van der Waals surface area (Å²) in [5, 5.41) is 2.72. The lowest BCUT2D eigenvalue weighted by molar-refractivity contribution is -0.137. The van der Waals surface area contributed by atoms with E-state index in [0.717, 1.165) is 4.90 Å². The summed E-state index contributed by atoms with van der Waals surface area (Å²) in [5.74, 6) is -0.590. The molecule has 1 aliphatic heterocycles.